The second-order valence-electron chi connectivity index (χ2n) is 4.43. The maximum absolute atomic E-state index is 5.67. The number of hydrogen-bond acceptors (Lipinski definition) is 3. The minimum absolute atomic E-state index is 0.782. The second-order valence-corrected chi connectivity index (χ2v) is 4.43. The molecule has 0 aliphatic heterocycles. The van der Waals surface area contributed by atoms with Crippen molar-refractivity contribution in [1.29, 1.82) is 0 Å². The molecule has 0 spiro atoms. The Morgan fingerprint density at radius 3 is 2.47 bits per heavy atom. The van der Waals surface area contributed by atoms with E-state index in [4.69, 9.17) is 4.74 Å². The molecule has 0 bridgehead atoms. The highest BCUT2D eigenvalue weighted by Gasteiger charge is 1.96. The molecule has 3 heteroatoms. The Kier molecular flexibility index (Phi) is 6.67. The van der Waals surface area contributed by atoms with Gasteiger partial charge in [-0.15, -0.1) is 0 Å². The summed E-state index contributed by atoms with van der Waals surface area (Å²) in [5.41, 5.74) is 1.30. The summed E-state index contributed by atoms with van der Waals surface area (Å²) in [6.07, 6.45) is 1.06. The Balaban J connectivity index is 2.25. The smallest absolute Gasteiger partial charge is 0.119 e. The molecule has 1 aromatic rings. The van der Waals surface area contributed by atoms with Gasteiger partial charge in [-0.25, -0.2) is 0 Å². The molecule has 0 saturated heterocycles. The largest absolute Gasteiger partial charge is 0.494 e. The maximum Gasteiger partial charge on any atom is 0.119 e. The third-order valence-corrected chi connectivity index (χ3v) is 2.52. The van der Waals surface area contributed by atoms with Crippen LogP contribution in [0.2, 0.25) is 0 Å². The van der Waals surface area contributed by atoms with E-state index in [0.29, 0.717) is 0 Å². The van der Waals surface area contributed by atoms with Crippen molar-refractivity contribution in [1.82, 2.24) is 10.2 Å². The fourth-order valence-electron chi connectivity index (χ4n) is 1.54. The molecule has 0 heterocycles. The van der Waals surface area contributed by atoms with Gasteiger partial charge in [-0.05, 0) is 44.8 Å². The van der Waals surface area contributed by atoms with Gasteiger partial charge in [-0.2, -0.15) is 0 Å². The highest BCUT2D eigenvalue weighted by Crippen LogP contribution is 2.12. The fourth-order valence-corrected chi connectivity index (χ4v) is 1.54. The third kappa shape index (κ3) is 6.29. The molecule has 0 amide bonds. The quantitative estimate of drug-likeness (QED) is 0.700. The fraction of sp³-hybridized carbons (Fsp3) is 0.571. The summed E-state index contributed by atoms with van der Waals surface area (Å²) in [4.78, 5) is 2.17. The van der Waals surface area contributed by atoms with Gasteiger partial charge in [0, 0.05) is 13.1 Å². The normalized spacial score (nSPS) is 10.8. The van der Waals surface area contributed by atoms with Crippen molar-refractivity contribution in [3.8, 4) is 5.75 Å². The van der Waals surface area contributed by atoms with Crippen LogP contribution in [0, 0.1) is 0 Å². The van der Waals surface area contributed by atoms with E-state index in [2.05, 4.69) is 43.4 Å². The topological polar surface area (TPSA) is 24.5 Å². The molecule has 0 aliphatic rings. The van der Waals surface area contributed by atoms with E-state index in [1.807, 2.05) is 12.1 Å². The lowest BCUT2D eigenvalue weighted by Gasteiger charge is -2.10. The van der Waals surface area contributed by atoms with Crippen molar-refractivity contribution in [3.05, 3.63) is 29.8 Å². The lowest BCUT2D eigenvalue weighted by molar-refractivity contribution is 0.281. The Morgan fingerprint density at radius 2 is 1.88 bits per heavy atom. The number of rotatable bonds is 8. The predicted molar refractivity (Wildman–Crippen MR) is 72.5 cm³/mol. The van der Waals surface area contributed by atoms with Gasteiger partial charge in [0.05, 0.1) is 6.61 Å². The molecule has 0 fully saturated rings. The molecule has 17 heavy (non-hydrogen) atoms. The van der Waals surface area contributed by atoms with Crippen molar-refractivity contribution < 1.29 is 4.74 Å². The summed E-state index contributed by atoms with van der Waals surface area (Å²) in [6, 6.07) is 8.32. The van der Waals surface area contributed by atoms with Crippen LogP contribution in [0.5, 0.6) is 5.75 Å². The molecule has 0 radical (unpaired) electrons. The Hall–Kier alpha value is -1.06. The molecular weight excluding hydrogens is 212 g/mol. The van der Waals surface area contributed by atoms with Crippen LogP contribution in [0.3, 0.4) is 0 Å². The summed E-state index contributed by atoms with van der Waals surface area (Å²) >= 11 is 0. The first-order valence-corrected chi connectivity index (χ1v) is 6.29. The zero-order valence-electron chi connectivity index (χ0n) is 11.2. The molecule has 3 nitrogen and oxygen atoms in total. The minimum atomic E-state index is 0.782. The second kappa shape index (κ2) is 8.09. The van der Waals surface area contributed by atoms with Gasteiger partial charge >= 0.3 is 0 Å². The van der Waals surface area contributed by atoms with Crippen LogP contribution in [-0.4, -0.2) is 38.7 Å². The van der Waals surface area contributed by atoms with Crippen LogP contribution in [-0.2, 0) is 6.54 Å². The van der Waals surface area contributed by atoms with Gasteiger partial charge in [0.25, 0.3) is 0 Å². The molecule has 96 valence electrons. The lowest BCUT2D eigenvalue weighted by Crippen LogP contribution is -2.15. The molecular formula is C14H24N2O. The minimum Gasteiger partial charge on any atom is -0.494 e. The van der Waals surface area contributed by atoms with Crippen molar-refractivity contribution in [2.75, 3.05) is 33.8 Å². The lowest BCUT2D eigenvalue weighted by atomic mass is 10.2. The first-order valence-electron chi connectivity index (χ1n) is 6.29. The van der Waals surface area contributed by atoms with Gasteiger partial charge in [0.15, 0.2) is 0 Å². The number of nitrogens with zero attached hydrogens (tertiary/aromatic N) is 1. The van der Waals surface area contributed by atoms with Crippen molar-refractivity contribution >= 4 is 0 Å². The first kappa shape index (κ1) is 14.0. The molecule has 1 N–H and O–H groups in total. The van der Waals surface area contributed by atoms with E-state index >= 15 is 0 Å². The van der Waals surface area contributed by atoms with E-state index in [1.54, 1.807) is 0 Å². The van der Waals surface area contributed by atoms with Gasteiger partial charge < -0.3 is 15.0 Å². The Labute approximate surface area is 105 Å². The molecule has 0 atom stereocenters. The summed E-state index contributed by atoms with van der Waals surface area (Å²) in [7, 11) is 4.16. The molecule has 1 aromatic carbocycles. The number of hydrogen-bond donors (Lipinski definition) is 1. The zero-order valence-corrected chi connectivity index (χ0v) is 11.2. The van der Waals surface area contributed by atoms with E-state index in [1.165, 1.54) is 5.56 Å². The maximum atomic E-state index is 5.67. The van der Waals surface area contributed by atoms with Crippen LogP contribution in [0.25, 0.3) is 0 Å². The molecule has 0 aliphatic carbocycles. The van der Waals surface area contributed by atoms with Gasteiger partial charge in [-0.3, -0.25) is 0 Å². The first-order chi connectivity index (χ1) is 8.22. The van der Waals surface area contributed by atoms with Crippen LogP contribution in [0.4, 0.5) is 0 Å². The Morgan fingerprint density at radius 1 is 1.18 bits per heavy atom. The number of ether oxygens (including phenoxy) is 1. The molecule has 0 saturated carbocycles. The summed E-state index contributed by atoms with van der Waals surface area (Å²) in [5, 5.41) is 3.30. The third-order valence-electron chi connectivity index (χ3n) is 2.52. The standard InChI is InChI=1S/C14H24N2O/c1-4-15-12-13-6-8-14(9-7-13)17-11-5-10-16(2)3/h6-9,15H,4-5,10-12H2,1-3H3. The van der Waals surface area contributed by atoms with Crippen LogP contribution in [0.1, 0.15) is 18.9 Å². The van der Waals surface area contributed by atoms with Gasteiger partial charge in [0.1, 0.15) is 5.75 Å². The van der Waals surface area contributed by atoms with Crippen LogP contribution >= 0.6 is 0 Å². The van der Waals surface area contributed by atoms with E-state index < -0.39 is 0 Å². The summed E-state index contributed by atoms with van der Waals surface area (Å²) < 4.78 is 5.67. The molecule has 0 unspecified atom stereocenters. The van der Waals surface area contributed by atoms with Crippen molar-refractivity contribution in [2.24, 2.45) is 0 Å². The number of benzene rings is 1. The van der Waals surface area contributed by atoms with E-state index in [9.17, 15) is 0 Å². The van der Waals surface area contributed by atoms with E-state index in [-0.39, 0.29) is 0 Å². The highest BCUT2D eigenvalue weighted by molar-refractivity contribution is 5.27. The van der Waals surface area contributed by atoms with Gasteiger partial charge in [0.2, 0.25) is 0 Å². The highest BCUT2D eigenvalue weighted by atomic mass is 16.5. The average Bonchev–Trinajstić information content (AvgIpc) is 2.33. The molecule has 0 aromatic heterocycles. The van der Waals surface area contributed by atoms with E-state index in [0.717, 1.165) is 38.4 Å². The van der Waals surface area contributed by atoms with Crippen molar-refractivity contribution in [3.63, 3.8) is 0 Å². The Bertz CT molecular complexity index is 296. The van der Waals surface area contributed by atoms with Crippen molar-refractivity contribution in [2.45, 2.75) is 19.9 Å². The van der Waals surface area contributed by atoms with Crippen LogP contribution < -0.4 is 10.1 Å². The average molecular weight is 236 g/mol. The van der Waals surface area contributed by atoms with Crippen LogP contribution in [0.15, 0.2) is 24.3 Å². The molecule has 1 rings (SSSR count). The number of nitrogens with one attached hydrogen (secondary N) is 1. The summed E-state index contributed by atoms with van der Waals surface area (Å²) in [5.74, 6) is 0.962. The SMILES string of the molecule is CCNCc1ccc(OCCCN(C)C)cc1. The van der Waals surface area contributed by atoms with Gasteiger partial charge in [-0.1, -0.05) is 19.1 Å². The monoisotopic (exact) mass is 236 g/mol. The predicted octanol–water partition coefficient (Wildman–Crippen LogP) is 2.13. The zero-order chi connectivity index (χ0) is 12.5. The summed E-state index contributed by atoms with van der Waals surface area (Å²) in [6.45, 7) is 5.89.